The number of halogens is 1. The van der Waals surface area contributed by atoms with Crippen molar-refractivity contribution in [2.24, 2.45) is 0 Å². The molecule has 0 aliphatic rings. The van der Waals surface area contributed by atoms with Crippen LogP contribution < -0.4 is 0 Å². The molecule has 0 fully saturated rings. The molecule has 2 heteroatoms. The van der Waals surface area contributed by atoms with E-state index in [4.69, 9.17) is 16.0 Å². The van der Waals surface area contributed by atoms with Gasteiger partial charge in [0.1, 0.15) is 12.0 Å². The van der Waals surface area contributed by atoms with E-state index in [-0.39, 0.29) is 0 Å². The molecule has 1 rings (SSSR count). The zero-order chi connectivity index (χ0) is 5.98. The third kappa shape index (κ3) is 1.04. The zero-order valence-electron chi connectivity index (χ0n) is 4.65. The van der Waals surface area contributed by atoms with Crippen LogP contribution in [0.2, 0.25) is 5.02 Å². The molecule has 0 unspecified atom stereocenters. The standard InChI is InChI=1S/C6H7ClO/c1-2-6-3-5(7)4-8-6/h3-4H,2H2,1H3. The number of aryl methyl sites for hydroxylation is 1. The molecule has 0 spiro atoms. The van der Waals surface area contributed by atoms with Crippen LogP contribution in [-0.4, -0.2) is 0 Å². The van der Waals surface area contributed by atoms with E-state index in [1.54, 1.807) is 6.26 Å². The summed E-state index contributed by atoms with van der Waals surface area (Å²) in [6.07, 6.45) is 2.45. The minimum Gasteiger partial charge on any atom is -0.468 e. The van der Waals surface area contributed by atoms with Gasteiger partial charge >= 0.3 is 0 Å². The van der Waals surface area contributed by atoms with Crippen LogP contribution in [0.3, 0.4) is 0 Å². The summed E-state index contributed by atoms with van der Waals surface area (Å²) in [6, 6.07) is 1.82. The maximum Gasteiger partial charge on any atom is 0.109 e. The number of hydrogen-bond acceptors (Lipinski definition) is 1. The molecular weight excluding hydrogens is 124 g/mol. The molecule has 0 radical (unpaired) electrons. The van der Waals surface area contributed by atoms with Crippen LogP contribution in [0.25, 0.3) is 0 Å². The van der Waals surface area contributed by atoms with E-state index in [0.717, 1.165) is 12.2 Å². The first-order valence-corrected chi connectivity index (χ1v) is 2.93. The van der Waals surface area contributed by atoms with Crippen molar-refractivity contribution in [3.63, 3.8) is 0 Å². The van der Waals surface area contributed by atoms with Crippen molar-refractivity contribution in [1.29, 1.82) is 0 Å². The Morgan fingerprint density at radius 3 is 2.75 bits per heavy atom. The monoisotopic (exact) mass is 130 g/mol. The molecule has 0 saturated carbocycles. The molecular formula is C6H7ClO. The highest BCUT2D eigenvalue weighted by Crippen LogP contribution is 2.12. The lowest BCUT2D eigenvalue weighted by molar-refractivity contribution is 0.516. The quantitative estimate of drug-likeness (QED) is 0.569. The van der Waals surface area contributed by atoms with Crippen LogP contribution in [0.4, 0.5) is 0 Å². The summed E-state index contributed by atoms with van der Waals surface area (Å²) in [5.74, 6) is 0.940. The largest absolute Gasteiger partial charge is 0.468 e. The summed E-state index contributed by atoms with van der Waals surface area (Å²) in [6.45, 7) is 2.02. The first-order valence-electron chi connectivity index (χ1n) is 2.56. The second-order valence-electron chi connectivity index (χ2n) is 1.58. The van der Waals surface area contributed by atoms with Gasteiger partial charge in [-0.2, -0.15) is 0 Å². The Morgan fingerprint density at radius 2 is 2.50 bits per heavy atom. The molecule has 44 valence electrons. The molecule has 8 heavy (non-hydrogen) atoms. The lowest BCUT2D eigenvalue weighted by atomic mass is 10.4. The summed E-state index contributed by atoms with van der Waals surface area (Å²) >= 11 is 5.55. The Bertz CT molecular complexity index is 169. The second-order valence-corrected chi connectivity index (χ2v) is 2.02. The van der Waals surface area contributed by atoms with Gasteiger partial charge in [0, 0.05) is 6.42 Å². The van der Waals surface area contributed by atoms with Crippen molar-refractivity contribution < 1.29 is 4.42 Å². The Labute approximate surface area is 53.3 Å². The van der Waals surface area contributed by atoms with Crippen LogP contribution in [0.5, 0.6) is 0 Å². The van der Waals surface area contributed by atoms with Gasteiger partial charge in [0.2, 0.25) is 0 Å². The number of rotatable bonds is 1. The summed E-state index contributed by atoms with van der Waals surface area (Å²) in [7, 11) is 0. The van der Waals surface area contributed by atoms with Crippen LogP contribution in [0.1, 0.15) is 12.7 Å². The van der Waals surface area contributed by atoms with Gasteiger partial charge in [-0.1, -0.05) is 18.5 Å². The van der Waals surface area contributed by atoms with E-state index in [1.807, 2.05) is 13.0 Å². The molecule has 1 nitrogen and oxygen atoms in total. The molecule has 0 amide bonds. The van der Waals surface area contributed by atoms with Crippen molar-refractivity contribution in [2.75, 3.05) is 0 Å². The highest BCUT2D eigenvalue weighted by Gasteiger charge is 1.93. The van der Waals surface area contributed by atoms with Gasteiger partial charge < -0.3 is 4.42 Å². The molecule has 1 aromatic heterocycles. The van der Waals surface area contributed by atoms with Crippen molar-refractivity contribution in [2.45, 2.75) is 13.3 Å². The number of hydrogen-bond donors (Lipinski definition) is 0. The molecule has 0 bridgehead atoms. The van der Waals surface area contributed by atoms with Gasteiger partial charge in [0.25, 0.3) is 0 Å². The SMILES string of the molecule is CCc1cc(Cl)co1. The van der Waals surface area contributed by atoms with Gasteiger partial charge in [-0.3, -0.25) is 0 Å². The zero-order valence-corrected chi connectivity index (χ0v) is 5.40. The first-order chi connectivity index (χ1) is 3.83. The first kappa shape index (κ1) is 5.70. The molecule has 1 heterocycles. The third-order valence-corrected chi connectivity index (χ3v) is 1.17. The minimum atomic E-state index is 0.682. The van der Waals surface area contributed by atoms with E-state index in [0.29, 0.717) is 5.02 Å². The van der Waals surface area contributed by atoms with E-state index in [9.17, 15) is 0 Å². The Morgan fingerprint density at radius 1 is 1.75 bits per heavy atom. The van der Waals surface area contributed by atoms with Crippen LogP contribution in [-0.2, 0) is 6.42 Å². The fourth-order valence-corrected chi connectivity index (χ4v) is 0.705. The second kappa shape index (κ2) is 2.23. The van der Waals surface area contributed by atoms with Crippen LogP contribution in [0.15, 0.2) is 16.7 Å². The molecule has 0 aliphatic heterocycles. The Balaban J connectivity index is 2.84. The average molecular weight is 131 g/mol. The lowest BCUT2D eigenvalue weighted by Crippen LogP contribution is -1.67. The number of furan rings is 1. The highest BCUT2D eigenvalue weighted by atomic mass is 35.5. The maximum atomic E-state index is 5.55. The summed E-state index contributed by atoms with van der Waals surface area (Å²) in [5.41, 5.74) is 0. The van der Waals surface area contributed by atoms with Crippen molar-refractivity contribution >= 4 is 11.6 Å². The molecule has 1 aromatic rings. The molecule has 0 aromatic carbocycles. The highest BCUT2D eigenvalue weighted by molar-refractivity contribution is 6.30. The lowest BCUT2D eigenvalue weighted by Gasteiger charge is -1.79. The van der Waals surface area contributed by atoms with E-state index >= 15 is 0 Å². The third-order valence-electron chi connectivity index (χ3n) is 0.970. The van der Waals surface area contributed by atoms with E-state index in [2.05, 4.69) is 0 Å². The fourth-order valence-electron chi connectivity index (χ4n) is 0.539. The Hall–Kier alpha value is -0.430. The molecule has 0 saturated heterocycles. The van der Waals surface area contributed by atoms with Gasteiger partial charge in [-0.15, -0.1) is 0 Å². The Kier molecular flexibility index (Phi) is 1.59. The van der Waals surface area contributed by atoms with Gasteiger partial charge in [-0.05, 0) is 6.07 Å². The molecule has 0 aliphatic carbocycles. The summed E-state index contributed by atoms with van der Waals surface area (Å²) < 4.78 is 4.98. The van der Waals surface area contributed by atoms with Crippen LogP contribution in [0, 0.1) is 0 Å². The van der Waals surface area contributed by atoms with E-state index < -0.39 is 0 Å². The maximum absolute atomic E-state index is 5.55. The van der Waals surface area contributed by atoms with Crippen molar-refractivity contribution in [3.8, 4) is 0 Å². The predicted molar refractivity (Wildman–Crippen MR) is 33.1 cm³/mol. The van der Waals surface area contributed by atoms with Crippen molar-refractivity contribution in [3.05, 3.63) is 23.1 Å². The summed E-state index contributed by atoms with van der Waals surface area (Å²) in [5, 5.41) is 0.682. The van der Waals surface area contributed by atoms with Gasteiger partial charge in [-0.25, -0.2) is 0 Å². The van der Waals surface area contributed by atoms with Gasteiger partial charge in [0.15, 0.2) is 0 Å². The predicted octanol–water partition coefficient (Wildman–Crippen LogP) is 2.50. The van der Waals surface area contributed by atoms with Crippen molar-refractivity contribution in [1.82, 2.24) is 0 Å². The normalized spacial score (nSPS) is 9.75. The molecule has 0 N–H and O–H groups in total. The summed E-state index contributed by atoms with van der Waals surface area (Å²) in [4.78, 5) is 0. The molecule has 0 atom stereocenters. The van der Waals surface area contributed by atoms with Crippen LogP contribution >= 0.6 is 11.6 Å². The van der Waals surface area contributed by atoms with E-state index in [1.165, 1.54) is 0 Å². The minimum absolute atomic E-state index is 0.682. The average Bonchev–Trinajstić information content (AvgIpc) is 2.14. The van der Waals surface area contributed by atoms with Gasteiger partial charge in [0.05, 0.1) is 5.02 Å². The fraction of sp³-hybridized carbons (Fsp3) is 0.333. The smallest absolute Gasteiger partial charge is 0.109 e. The topological polar surface area (TPSA) is 13.1 Å².